The summed E-state index contributed by atoms with van der Waals surface area (Å²) in [5, 5.41) is 6.79. The van der Waals surface area contributed by atoms with E-state index in [0.29, 0.717) is 29.8 Å². The Morgan fingerprint density at radius 3 is 2.51 bits per heavy atom. The molecule has 4 fully saturated rings. The monoisotopic (exact) mass is 554 g/mol. The van der Waals surface area contributed by atoms with Crippen molar-refractivity contribution >= 4 is 35.0 Å². The van der Waals surface area contributed by atoms with E-state index in [1.54, 1.807) is 29.2 Å². The van der Waals surface area contributed by atoms with E-state index in [4.69, 9.17) is 16.3 Å². The number of amides is 3. The third-order valence-corrected chi connectivity index (χ3v) is 9.81. The normalized spacial score (nSPS) is 34.4. The molecule has 1 saturated carbocycles. The number of rotatable bonds is 7. The molecule has 1 aromatic carbocycles. The lowest BCUT2D eigenvalue weighted by atomic mass is 9.74. The number of benzene rings is 1. The molecule has 3 amide bonds. The summed E-state index contributed by atoms with van der Waals surface area (Å²) >= 11 is 6.01. The lowest BCUT2D eigenvalue weighted by molar-refractivity contribution is -0.141. The minimum Gasteiger partial charge on any atom is -0.359 e. The third kappa shape index (κ3) is 4.89. The number of carbonyl (C=O) groups is 3. The second-order valence-corrected chi connectivity index (χ2v) is 12.4. The van der Waals surface area contributed by atoms with Crippen LogP contribution in [0, 0.1) is 11.8 Å². The molecule has 6 rings (SSSR count). The lowest BCUT2D eigenvalue weighted by Gasteiger charge is -2.37. The van der Waals surface area contributed by atoms with Crippen molar-refractivity contribution in [2.24, 2.45) is 11.8 Å². The quantitative estimate of drug-likeness (QED) is 0.501. The maximum atomic E-state index is 14.2. The minimum absolute atomic E-state index is 0.118. The first-order chi connectivity index (χ1) is 18.9. The van der Waals surface area contributed by atoms with Gasteiger partial charge in [-0.25, -0.2) is 0 Å². The van der Waals surface area contributed by atoms with Crippen LogP contribution in [0.25, 0.3) is 0 Å². The molecule has 3 saturated heterocycles. The van der Waals surface area contributed by atoms with Gasteiger partial charge in [-0.2, -0.15) is 0 Å². The van der Waals surface area contributed by atoms with Crippen LogP contribution in [0.5, 0.6) is 0 Å². The van der Waals surface area contributed by atoms with Gasteiger partial charge in [-0.15, -0.1) is 0 Å². The van der Waals surface area contributed by atoms with Gasteiger partial charge in [0.1, 0.15) is 11.6 Å². The van der Waals surface area contributed by atoms with Crippen molar-refractivity contribution in [3.8, 4) is 0 Å². The highest BCUT2D eigenvalue weighted by molar-refractivity contribution is 6.30. The summed E-state index contributed by atoms with van der Waals surface area (Å²) in [4.78, 5) is 45.8. The van der Waals surface area contributed by atoms with Gasteiger partial charge >= 0.3 is 0 Å². The topological polar surface area (TPSA) is 91.0 Å². The van der Waals surface area contributed by atoms with Crippen molar-refractivity contribution in [1.82, 2.24) is 15.1 Å². The van der Waals surface area contributed by atoms with E-state index in [2.05, 4.69) is 22.5 Å². The zero-order valence-corrected chi connectivity index (χ0v) is 23.4. The second-order valence-electron chi connectivity index (χ2n) is 12.0. The zero-order valence-electron chi connectivity index (χ0n) is 22.6. The summed E-state index contributed by atoms with van der Waals surface area (Å²) in [5.74, 6) is -2.03. The van der Waals surface area contributed by atoms with Crippen molar-refractivity contribution < 1.29 is 19.1 Å². The number of fused-ring (bicyclic) bond motifs is 1. The summed E-state index contributed by atoms with van der Waals surface area (Å²) in [6.45, 7) is 4.38. The first-order valence-corrected chi connectivity index (χ1v) is 15.0. The van der Waals surface area contributed by atoms with Crippen LogP contribution in [0.2, 0.25) is 5.02 Å². The molecule has 4 unspecified atom stereocenters. The molecule has 1 aromatic rings. The van der Waals surface area contributed by atoms with Crippen LogP contribution < -0.4 is 10.6 Å². The molecule has 1 aliphatic carbocycles. The van der Waals surface area contributed by atoms with E-state index in [1.165, 1.54) is 12.8 Å². The molecule has 4 aliphatic heterocycles. The Labute approximate surface area is 235 Å². The van der Waals surface area contributed by atoms with Crippen LogP contribution in [0.1, 0.15) is 58.3 Å². The molecular formula is C30H39ClN4O4. The number of piperidine rings is 1. The van der Waals surface area contributed by atoms with Crippen LogP contribution >= 0.6 is 11.6 Å². The summed E-state index contributed by atoms with van der Waals surface area (Å²) in [6.07, 6.45) is 12.0. The van der Waals surface area contributed by atoms with Crippen molar-refractivity contribution in [2.75, 3.05) is 25.0 Å². The number of nitrogens with one attached hydrogen (secondary N) is 2. The Morgan fingerprint density at radius 1 is 1.03 bits per heavy atom. The Morgan fingerprint density at radius 2 is 1.77 bits per heavy atom. The molecule has 0 aromatic heterocycles. The first kappa shape index (κ1) is 26.8. The Bertz CT molecular complexity index is 1140. The predicted octanol–water partition coefficient (Wildman–Crippen LogP) is 3.75. The number of anilines is 1. The van der Waals surface area contributed by atoms with E-state index in [0.717, 1.165) is 45.1 Å². The molecule has 210 valence electrons. The van der Waals surface area contributed by atoms with Gasteiger partial charge in [0.05, 0.1) is 17.9 Å². The number of halogens is 1. The second kappa shape index (κ2) is 10.9. The molecule has 9 heteroatoms. The van der Waals surface area contributed by atoms with Gasteiger partial charge in [0, 0.05) is 35.9 Å². The average molecular weight is 555 g/mol. The maximum absolute atomic E-state index is 14.2. The molecule has 8 nitrogen and oxygen atoms in total. The Balaban J connectivity index is 1.27. The molecule has 2 bridgehead atoms. The molecule has 5 aliphatic rings. The summed E-state index contributed by atoms with van der Waals surface area (Å²) in [6, 6.07) is 6.69. The van der Waals surface area contributed by atoms with Crippen molar-refractivity contribution in [3.63, 3.8) is 0 Å². The largest absolute Gasteiger partial charge is 0.359 e. The van der Waals surface area contributed by atoms with Gasteiger partial charge in [-0.1, -0.05) is 49.4 Å². The average Bonchev–Trinajstić information content (AvgIpc) is 3.57. The van der Waals surface area contributed by atoms with E-state index in [9.17, 15) is 14.4 Å². The molecule has 1 spiro atoms. The van der Waals surface area contributed by atoms with E-state index in [1.807, 2.05) is 12.2 Å². The number of nitrogens with zero attached hydrogens (tertiary/aromatic N) is 2. The van der Waals surface area contributed by atoms with E-state index in [-0.39, 0.29) is 23.8 Å². The lowest BCUT2D eigenvalue weighted by Crippen LogP contribution is -2.57. The number of likely N-dealkylation sites (tertiary alicyclic amines) is 2. The third-order valence-electron chi connectivity index (χ3n) is 9.56. The van der Waals surface area contributed by atoms with Gasteiger partial charge in [-0.3, -0.25) is 19.3 Å². The van der Waals surface area contributed by atoms with Crippen LogP contribution in [0.15, 0.2) is 36.4 Å². The summed E-state index contributed by atoms with van der Waals surface area (Å²) < 4.78 is 6.48. The molecule has 0 radical (unpaired) electrons. The zero-order chi connectivity index (χ0) is 27.1. The fraction of sp³-hybridized carbons (Fsp3) is 0.633. The highest BCUT2D eigenvalue weighted by atomic mass is 35.5. The standard InChI is InChI=1S/C30H39ClN4O4/c1-19-7-5-6-16-34(19)17-18-35-26(28(37)33-21-8-3-2-4-9-21)30-15-14-23(39-30)24(25(30)29(35)38)27(36)32-22-12-10-20(31)11-13-22/h10-15,19,21,23-26H,2-9,16-18H2,1H3,(H,32,36)(H,33,37)/t19?,23-,24?,25-,26?,30?/m0/s1. The molecule has 6 atom stereocenters. The van der Waals surface area contributed by atoms with Gasteiger partial charge in [0.25, 0.3) is 0 Å². The van der Waals surface area contributed by atoms with Gasteiger partial charge in [-0.05, 0) is 63.4 Å². The smallest absolute Gasteiger partial charge is 0.246 e. The van der Waals surface area contributed by atoms with Gasteiger partial charge < -0.3 is 20.3 Å². The van der Waals surface area contributed by atoms with Crippen LogP contribution in [-0.4, -0.2) is 77.0 Å². The maximum Gasteiger partial charge on any atom is 0.246 e. The number of hydrogen-bond acceptors (Lipinski definition) is 5. The van der Waals surface area contributed by atoms with Crippen LogP contribution in [0.3, 0.4) is 0 Å². The molecule has 2 N–H and O–H groups in total. The molecule has 4 heterocycles. The highest BCUT2D eigenvalue weighted by Gasteiger charge is 2.72. The Kier molecular flexibility index (Phi) is 7.46. The number of carbonyl (C=O) groups excluding carboxylic acids is 3. The van der Waals surface area contributed by atoms with Crippen LogP contribution in [-0.2, 0) is 19.1 Å². The fourth-order valence-electron chi connectivity index (χ4n) is 7.52. The number of hydrogen-bond donors (Lipinski definition) is 2. The van der Waals surface area contributed by atoms with Gasteiger partial charge in [0.15, 0.2) is 0 Å². The fourth-order valence-corrected chi connectivity index (χ4v) is 7.65. The number of ether oxygens (including phenoxy) is 1. The van der Waals surface area contributed by atoms with Crippen molar-refractivity contribution in [1.29, 1.82) is 0 Å². The highest BCUT2D eigenvalue weighted by Crippen LogP contribution is 2.55. The minimum atomic E-state index is -1.13. The molecule has 39 heavy (non-hydrogen) atoms. The van der Waals surface area contributed by atoms with Crippen molar-refractivity contribution in [3.05, 3.63) is 41.4 Å². The molecular weight excluding hydrogens is 516 g/mol. The van der Waals surface area contributed by atoms with E-state index >= 15 is 0 Å². The predicted molar refractivity (Wildman–Crippen MR) is 149 cm³/mol. The van der Waals surface area contributed by atoms with Gasteiger partial charge in [0.2, 0.25) is 17.7 Å². The van der Waals surface area contributed by atoms with Crippen LogP contribution in [0.4, 0.5) is 5.69 Å². The summed E-state index contributed by atoms with van der Waals surface area (Å²) in [7, 11) is 0. The Hall–Kier alpha value is -2.42. The summed E-state index contributed by atoms with van der Waals surface area (Å²) in [5.41, 5.74) is -0.520. The first-order valence-electron chi connectivity index (χ1n) is 14.7. The van der Waals surface area contributed by atoms with Crippen molar-refractivity contribution in [2.45, 2.75) is 88.1 Å². The SMILES string of the molecule is CC1CCCCN1CCN1C(=O)[C@@H]2C(C(=O)Nc3ccc(Cl)cc3)[C@@H]3C=CC2(O3)C1C(=O)NC1CCCCC1. The van der Waals surface area contributed by atoms with E-state index < -0.39 is 29.6 Å².